The standard InChI is InChI=1S/C13H7F8N3O2S/c1-5-4-6(2-3-7(5)26-13(19,20)21)8(25)22-10-23-9(24-27-10)11(14,15)12(16,17)18/h2-4H,1H3,(H,22,23,24,25). The van der Waals surface area contributed by atoms with Gasteiger partial charge in [-0.3, -0.25) is 10.1 Å². The molecule has 0 atom stereocenters. The summed E-state index contributed by atoms with van der Waals surface area (Å²) in [5.74, 6) is -8.71. The van der Waals surface area contributed by atoms with Gasteiger partial charge in [-0.1, -0.05) is 0 Å². The fourth-order valence-corrected chi connectivity index (χ4v) is 2.32. The molecule has 1 aromatic heterocycles. The van der Waals surface area contributed by atoms with Crippen molar-refractivity contribution in [2.75, 3.05) is 5.32 Å². The molecule has 0 aliphatic heterocycles. The van der Waals surface area contributed by atoms with E-state index < -0.39 is 41.1 Å². The van der Waals surface area contributed by atoms with Crippen molar-refractivity contribution in [1.29, 1.82) is 0 Å². The van der Waals surface area contributed by atoms with Crippen molar-refractivity contribution in [3.05, 3.63) is 35.2 Å². The number of ether oxygens (including phenoxy) is 1. The molecule has 0 fully saturated rings. The van der Waals surface area contributed by atoms with Crippen molar-refractivity contribution in [2.24, 2.45) is 0 Å². The minimum Gasteiger partial charge on any atom is -0.406 e. The topological polar surface area (TPSA) is 64.1 Å². The Morgan fingerprint density at radius 3 is 2.26 bits per heavy atom. The third kappa shape index (κ3) is 4.81. The molecule has 2 rings (SSSR count). The third-order valence-corrected chi connectivity index (χ3v) is 3.58. The average molecular weight is 421 g/mol. The Kier molecular flexibility index (Phi) is 5.32. The molecule has 0 aliphatic rings. The van der Waals surface area contributed by atoms with Crippen LogP contribution < -0.4 is 10.1 Å². The molecule has 1 N–H and O–H groups in total. The molecule has 0 radical (unpaired) electrons. The summed E-state index contributed by atoms with van der Waals surface area (Å²) in [5.41, 5.74) is -0.275. The Morgan fingerprint density at radius 2 is 1.74 bits per heavy atom. The first kappa shape index (κ1) is 20.8. The zero-order valence-corrected chi connectivity index (χ0v) is 13.7. The van der Waals surface area contributed by atoms with E-state index in [0.717, 1.165) is 18.2 Å². The maximum absolute atomic E-state index is 13.1. The number of amides is 1. The van der Waals surface area contributed by atoms with Crippen molar-refractivity contribution in [1.82, 2.24) is 9.36 Å². The van der Waals surface area contributed by atoms with E-state index in [1.165, 1.54) is 6.92 Å². The molecule has 1 heterocycles. The molecule has 0 unspecified atom stereocenters. The van der Waals surface area contributed by atoms with E-state index in [-0.39, 0.29) is 22.7 Å². The van der Waals surface area contributed by atoms with Crippen LogP contribution in [0.15, 0.2) is 18.2 Å². The summed E-state index contributed by atoms with van der Waals surface area (Å²) in [6, 6.07) is 2.79. The second-order valence-corrected chi connectivity index (χ2v) is 5.73. The van der Waals surface area contributed by atoms with Gasteiger partial charge in [0, 0.05) is 17.1 Å². The van der Waals surface area contributed by atoms with Gasteiger partial charge in [0.15, 0.2) is 0 Å². The normalized spacial score (nSPS) is 12.8. The highest BCUT2D eigenvalue weighted by Gasteiger charge is 2.61. The fraction of sp³-hybridized carbons (Fsp3) is 0.308. The fourth-order valence-electron chi connectivity index (χ4n) is 1.73. The number of rotatable bonds is 4. The maximum atomic E-state index is 13.1. The van der Waals surface area contributed by atoms with Crippen LogP contribution in [0.5, 0.6) is 5.75 Å². The third-order valence-electron chi connectivity index (χ3n) is 2.95. The Bertz CT molecular complexity index is 847. The number of carbonyl (C=O) groups excluding carboxylic acids is 1. The number of aromatic nitrogens is 2. The Balaban J connectivity index is 2.16. The summed E-state index contributed by atoms with van der Waals surface area (Å²) in [6.45, 7) is 1.21. The minimum atomic E-state index is -5.92. The molecule has 27 heavy (non-hydrogen) atoms. The van der Waals surface area contributed by atoms with Gasteiger partial charge >= 0.3 is 18.5 Å². The molecule has 2 aromatic rings. The van der Waals surface area contributed by atoms with Crippen LogP contribution in [0.25, 0.3) is 0 Å². The van der Waals surface area contributed by atoms with Gasteiger partial charge in [-0.15, -0.1) is 13.2 Å². The van der Waals surface area contributed by atoms with Crippen LogP contribution >= 0.6 is 11.5 Å². The number of carbonyl (C=O) groups is 1. The molecule has 5 nitrogen and oxygen atoms in total. The summed E-state index contributed by atoms with van der Waals surface area (Å²) in [4.78, 5) is 14.9. The minimum absolute atomic E-state index is 0.0680. The summed E-state index contributed by atoms with van der Waals surface area (Å²) < 4.78 is 106. The quantitative estimate of drug-likeness (QED) is 0.730. The van der Waals surface area contributed by atoms with E-state index in [2.05, 4.69) is 14.1 Å². The second-order valence-electron chi connectivity index (χ2n) is 4.98. The number of aryl methyl sites for hydroxylation is 1. The smallest absolute Gasteiger partial charge is 0.406 e. The highest BCUT2D eigenvalue weighted by atomic mass is 32.1. The summed E-state index contributed by atoms with van der Waals surface area (Å²) in [5, 5.41) is 1.29. The van der Waals surface area contributed by atoms with E-state index in [1.54, 1.807) is 0 Å². The van der Waals surface area contributed by atoms with Crippen LogP contribution in [0.2, 0.25) is 0 Å². The van der Waals surface area contributed by atoms with Crippen LogP contribution in [0.3, 0.4) is 0 Å². The number of hydrogen-bond donors (Lipinski definition) is 1. The van der Waals surface area contributed by atoms with Gasteiger partial charge in [-0.2, -0.15) is 31.3 Å². The number of hydrogen-bond acceptors (Lipinski definition) is 5. The lowest BCUT2D eigenvalue weighted by Gasteiger charge is -2.15. The van der Waals surface area contributed by atoms with Crippen LogP contribution in [0.4, 0.5) is 40.3 Å². The average Bonchev–Trinajstić information content (AvgIpc) is 2.96. The first-order valence-electron chi connectivity index (χ1n) is 6.67. The van der Waals surface area contributed by atoms with Gasteiger partial charge in [0.1, 0.15) is 5.75 Å². The van der Waals surface area contributed by atoms with Gasteiger partial charge in [-0.25, -0.2) is 0 Å². The van der Waals surface area contributed by atoms with Crippen molar-refractivity contribution in [3.63, 3.8) is 0 Å². The Hall–Kier alpha value is -2.51. The molecule has 0 bridgehead atoms. The number of alkyl halides is 8. The molecule has 1 amide bonds. The zero-order valence-electron chi connectivity index (χ0n) is 12.9. The van der Waals surface area contributed by atoms with E-state index in [1.807, 2.05) is 5.32 Å². The summed E-state index contributed by atoms with van der Waals surface area (Å²) in [7, 11) is 0. The predicted molar refractivity (Wildman–Crippen MR) is 75.7 cm³/mol. The highest BCUT2D eigenvalue weighted by molar-refractivity contribution is 7.09. The first-order chi connectivity index (χ1) is 12.2. The monoisotopic (exact) mass is 421 g/mol. The largest absolute Gasteiger partial charge is 0.573 e. The molecule has 14 heteroatoms. The van der Waals surface area contributed by atoms with Gasteiger partial charge in [0.2, 0.25) is 11.0 Å². The molecule has 148 valence electrons. The number of halogens is 8. The van der Waals surface area contributed by atoms with Crippen molar-refractivity contribution < 1.29 is 44.7 Å². The molecular weight excluding hydrogens is 414 g/mol. The van der Waals surface area contributed by atoms with Crippen molar-refractivity contribution >= 4 is 22.6 Å². The molecule has 0 spiro atoms. The lowest BCUT2D eigenvalue weighted by molar-refractivity contribution is -0.292. The van der Waals surface area contributed by atoms with Gasteiger partial charge in [0.25, 0.3) is 5.91 Å². The number of anilines is 1. The Morgan fingerprint density at radius 1 is 1.11 bits per heavy atom. The highest BCUT2D eigenvalue weighted by Crippen LogP contribution is 2.43. The van der Waals surface area contributed by atoms with Crippen LogP contribution in [-0.2, 0) is 5.92 Å². The summed E-state index contributed by atoms with van der Waals surface area (Å²) >= 11 is 0.0842. The lowest BCUT2D eigenvalue weighted by atomic mass is 10.1. The van der Waals surface area contributed by atoms with Crippen molar-refractivity contribution in [3.8, 4) is 5.75 Å². The van der Waals surface area contributed by atoms with Crippen LogP contribution in [-0.4, -0.2) is 27.8 Å². The molecular formula is C13H7F8N3O2S. The number of benzene rings is 1. The zero-order chi connectivity index (χ0) is 20.6. The predicted octanol–water partition coefficient (Wildman–Crippen LogP) is 4.65. The van der Waals surface area contributed by atoms with Crippen molar-refractivity contribution in [2.45, 2.75) is 25.4 Å². The van der Waals surface area contributed by atoms with Gasteiger partial charge < -0.3 is 4.74 Å². The first-order valence-corrected chi connectivity index (χ1v) is 7.44. The van der Waals surface area contributed by atoms with Gasteiger partial charge in [0.05, 0.1) is 0 Å². The molecule has 0 aliphatic carbocycles. The van der Waals surface area contributed by atoms with Crippen LogP contribution in [0.1, 0.15) is 21.7 Å². The molecule has 0 saturated carbocycles. The van der Waals surface area contributed by atoms with E-state index in [9.17, 15) is 39.9 Å². The molecule has 0 saturated heterocycles. The van der Waals surface area contributed by atoms with E-state index >= 15 is 0 Å². The maximum Gasteiger partial charge on any atom is 0.573 e. The van der Waals surface area contributed by atoms with E-state index in [0.29, 0.717) is 0 Å². The lowest BCUT2D eigenvalue weighted by Crippen LogP contribution is -2.34. The molecule has 1 aromatic carbocycles. The van der Waals surface area contributed by atoms with Gasteiger partial charge in [-0.05, 0) is 30.7 Å². The van der Waals surface area contributed by atoms with Crippen LogP contribution in [0, 0.1) is 6.92 Å². The Labute approximate surface area is 149 Å². The second kappa shape index (κ2) is 6.90. The summed E-state index contributed by atoms with van der Waals surface area (Å²) in [6.07, 6.45) is -10.9. The number of nitrogens with zero attached hydrogens (tertiary/aromatic N) is 2. The van der Waals surface area contributed by atoms with E-state index in [4.69, 9.17) is 0 Å². The SMILES string of the molecule is Cc1cc(C(=O)Nc2nc(C(F)(F)C(F)(F)F)ns2)ccc1OC(F)(F)F. The number of nitrogens with one attached hydrogen (secondary N) is 1.